The number of hydrogen-bond acceptors (Lipinski definition) is 5. The minimum absolute atomic E-state index is 0.380. The molecule has 0 amide bonds. The van der Waals surface area contributed by atoms with Crippen LogP contribution in [0.5, 0.6) is 0 Å². The molecule has 3 N–H and O–H groups in total. The number of aliphatic hydroxyl groups is 1. The predicted molar refractivity (Wildman–Crippen MR) is 96.4 cm³/mol. The number of nitrogens with zero attached hydrogens (tertiary/aromatic N) is 2. The van der Waals surface area contributed by atoms with Gasteiger partial charge in [-0.25, -0.2) is 4.98 Å². The predicted octanol–water partition coefficient (Wildman–Crippen LogP) is 3.67. The minimum Gasteiger partial charge on any atom is -0.387 e. The summed E-state index contributed by atoms with van der Waals surface area (Å²) in [5.74, 6) is 1.18. The number of aromatic nitrogens is 2. The maximum absolute atomic E-state index is 10.2. The Kier molecular flexibility index (Phi) is 5.03. The summed E-state index contributed by atoms with van der Waals surface area (Å²) in [7, 11) is 0. The molecule has 0 spiro atoms. The van der Waals surface area contributed by atoms with Crippen LogP contribution in [0.25, 0.3) is 0 Å². The lowest BCUT2D eigenvalue weighted by molar-refractivity contribution is 0.191. The topological polar surface area (TPSA) is 70.1 Å². The lowest BCUT2D eigenvalue weighted by atomic mass is 10.1. The number of rotatable bonds is 6. The zero-order chi connectivity index (χ0) is 16.8. The SMILES string of the molecule is Cc1cccc(Nc2nccc(NCC(O)c3ccccc3)n2)c1. The number of anilines is 3. The summed E-state index contributed by atoms with van der Waals surface area (Å²) < 4.78 is 0. The Balaban J connectivity index is 1.63. The van der Waals surface area contributed by atoms with Gasteiger partial charge in [-0.1, -0.05) is 42.5 Å². The number of hydrogen-bond donors (Lipinski definition) is 3. The van der Waals surface area contributed by atoms with E-state index in [1.54, 1.807) is 12.3 Å². The molecule has 2 aromatic carbocycles. The fourth-order valence-corrected chi connectivity index (χ4v) is 2.36. The van der Waals surface area contributed by atoms with Gasteiger partial charge >= 0.3 is 0 Å². The Morgan fingerprint density at radius 3 is 2.67 bits per heavy atom. The fourth-order valence-electron chi connectivity index (χ4n) is 2.36. The zero-order valence-corrected chi connectivity index (χ0v) is 13.5. The number of aryl methyl sites for hydroxylation is 1. The van der Waals surface area contributed by atoms with E-state index >= 15 is 0 Å². The van der Waals surface area contributed by atoms with E-state index in [4.69, 9.17) is 0 Å². The van der Waals surface area contributed by atoms with Crippen LogP contribution in [0.2, 0.25) is 0 Å². The Morgan fingerprint density at radius 2 is 1.88 bits per heavy atom. The maximum atomic E-state index is 10.2. The Bertz CT molecular complexity index is 792. The molecule has 122 valence electrons. The van der Waals surface area contributed by atoms with Crippen molar-refractivity contribution < 1.29 is 5.11 Å². The molecule has 3 rings (SSSR count). The molecule has 1 unspecified atom stereocenters. The highest BCUT2D eigenvalue weighted by Crippen LogP contribution is 2.17. The lowest BCUT2D eigenvalue weighted by Crippen LogP contribution is -2.13. The average Bonchev–Trinajstić information content (AvgIpc) is 2.61. The molecule has 0 bridgehead atoms. The zero-order valence-electron chi connectivity index (χ0n) is 13.5. The molecule has 0 saturated heterocycles. The molecule has 0 aliphatic heterocycles. The third kappa shape index (κ3) is 4.30. The van der Waals surface area contributed by atoms with Crippen LogP contribution in [0.3, 0.4) is 0 Å². The van der Waals surface area contributed by atoms with Crippen molar-refractivity contribution >= 4 is 17.5 Å². The van der Waals surface area contributed by atoms with Crippen LogP contribution in [-0.4, -0.2) is 21.6 Å². The normalized spacial score (nSPS) is 11.8. The number of aliphatic hydroxyl groups excluding tert-OH is 1. The summed E-state index contributed by atoms with van der Waals surface area (Å²) in [6.45, 7) is 2.42. The molecule has 1 heterocycles. The van der Waals surface area contributed by atoms with Crippen LogP contribution >= 0.6 is 0 Å². The summed E-state index contributed by atoms with van der Waals surface area (Å²) in [6.07, 6.45) is 1.09. The molecule has 0 aliphatic rings. The Hall–Kier alpha value is -2.92. The van der Waals surface area contributed by atoms with Crippen LogP contribution in [0.4, 0.5) is 17.5 Å². The van der Waals surface area contributed by atoms with E-state index in [1.165, 1.54) is 5.56 Å². The van der Waals surface area contributed by atoms with E-state index in [1.807, 2.05) is 61.5 Å². The van der Waals surface area contributed by atoms with Crippen LogP contribution in [0, 0.1) is 6.92 Å². The maximum Gasteiger partial charge on any atom is 0.229 e. The van der Waals surface area contributed by atoms with Crippen molar-refractivity contribution in [2.24, 2.45) is 0 Å². The quantitative estimate of drug-likeness (QED) is 0.646. The fraction of sp³-hybridized carbons (Fsp3) is 0.158. The average molecular weight is 320 g/mol. The molecule has 1 aromatic heterocycles. The van der Waals surface area contributed by atoms with E-state index < -0.39 is 6.10 Å². The third-order valence-corrected chi connectivity index (χ3v) is 3.59. The molecule has 5 heteroatoms. The first-order chi connectivity index (χ1) is 11.7. The van der Waals surface area contributed by atoms with Gasteiger partial charge < -0.3 is 15.7 Å². The summed E-state index contributed by atoms with van der Waals surface area (Å²) in [4.78, 5) is 8.64. The number of nitrogens with one attached hydrogen (secondary N) is 2. The lowest BCUT2D eigenvalue weighted by Gasteiger charge is -2.13. The molecular formula is C19H20N4O. The molecule has 1 atom stereocenters. The van der Waals surface area contributed by atoms with Crippen molar-refractivity contribution in [3.05, 3.63) is 78.0 Å². The van der Waals surface area contributed by atoms with Crippen molar-refractivity contribution in [3.8, 4) is 0 Å². The van der Waals surface area contributed by atoms with E-state index in [2.05, 4.69) is 20.6 Å². The van der Waals surface area contributed by atoms with Gasteiger partial charge in [-0.15, -0.1) is 0 Å². The molecule has 5 nitrogen and oxygen atoms in total. The van der Waals surface area contributed by atoms with Crippen LogP contribution in [-0.2, 0) is 0 Å². The van der Waals surface area contributed by atoms with Gasteiger partial charge in [0.25, 0.3) is 0 Å². The monoisotopic (exact) mass is 320 g/mol. The molecule has 0 aliphatic carbocycles. The second-order valence-electron chi connectivity index (χ2n) is 5.57. The third-order valence-electron chi connectivity index (χ3n) is 3.59. The first-order valence-electron chi connectivity index (χ1n) is 7.84. The first kappa shape index (κ1) is 16.0. The smallest absolute Gasteiger partial charge is 0.229 e. The standard InChI is InChI=1S/C19H20N4O/c1-14-6-5-9-16(12-14)22-19-20-11-10-18(23-19)21-13-17(24)15-7-3-2-4-8-15/h2-12,17,24H,13H2,1H3,(H2,20,21,22,23). The van der Waals surface area contributed by atoms with Crippen molar-refractivity contribution in [3.63, 3.8) is 0 Å². The molecule has 0 fully saturated rings. The van der Waals surface area contributed by atoms with Gasteiger partial charge in [-0.2, -0.15) is 4.98 Å². The second-order valence-corrected chi connectivity index (χ2v) is 5.57. The van der Waals surface area contributed by atoms with Gasteiger partial charge in [0.15, 0.2) is 0 Å². The summed E-state index contributed by atoms with van der Waals surface area (Å²) in [5.41, 5.74) is 2.98. The highest BCUT2D eigenvalue weighted by Gasteiger charge is 2.07. The van der Waals surface area contributed by atoms with Crippen molar-refractivity contribution in [1.29, 1.82) is 0 Å². The van der Waals surface area contributed by atoms with Gasteiger partial charge in [-0.05, 0) is 36.2 Å². The van der Waals surface area contributed by atoms with Gasteiger partial charge in [0.2, 0.25) is 5.95 Å². The minimum atomic E-state index is -0.589. The van der Waals surface area contributed by atoms with E-state index in [0.29, 0.717) is 18.3 Å². The molecule has 3 aromatic rings. The van der Waals surface area contributed by atoms with Crippen molar-refractivity contribution in [2.75, 3.05) is 17.2 Å². The molecular weight excluding hydrogens is 300 g/mol. The second kappa shape index (κ2) is 7.57. The van der Waals surface area contributed by atoms with Gasteiger partial charge in [0, 0.05) is 18.4 Å². The van der Waals surface area contributed by atoms with Gasteiger partial charge in [0.05, 0.1) is 6.10 Å². The summed E-state index contributed by atoms with van der Waals surface area (Å²) in [6, 6.07) is 19.3. The number of benzene rings is 2. The van der Waals surface area contributed by atoms with Crippen LogP contribution < -0.4 is 10.6 Å². The van der Waals surface area contributed by atoms with E-state index in [-0.39, 0.29) is 0 Å². The first-order valence-corrected chi connectivity index (χ1v) is 7.84. The Morgan fingerprint density at radius 1 is 1.04 bits per heavy atom. The van der Waals surface area contributed by atoms with Gasteiger partial charge in [-0.3, -0.25) is 0 Å². The highest BCUT2D eigenvalue weighted by molar-refractivity contribution is 5.55. The summed E-state index contributed by atoms with van der Waals surface area (Å²) >= 11 is 0. The Labute approximate surface area is 141 Å². The molecule has 24 heavy (non-hydrogen) atoms. The highest BCUT2D eigenvalue weighted by atomic mass is 16.3. The van der Waals surface area contributed by atoms with Crippen molar-refractivity contribution in [1.82, 2.24) is 9.97 Å². The summed E-state index contributed by atoms with van der Waals surface area (Å²) in [5, 5.41) is 16.5. The van der Waals surface area contributed by atoms with E-state index in [0.717, 1.165) is 11.3 Å². The van der Waals surface area contributed by atoms with Crippen LogP contribution in [0.15, 0.2) is 66.9 Å². The largest absolute Gasteiger partial charge is 0.387 e. The van der Waals surface area contributed by atoms with Crippen molar-refractivity contribution in [2.45, 2.75) is 13.0 Å². The molecule has 0 radical (unpaired) electrons. The van der Waals surface area contributed by atoms with Crippen LogP contribution in [0.1, 0.15) is 17.2 Å². The van der Waals surface area contributed by atoms with E-state index in [9.17, 15) is 5.11 Å². The molecule has 0 saturated carbocycles. The van der Waals surface area contributed by atoms with Gasteiger partial charge in [0.1, 0.15) is 5.82 Å².